The van der Waals surface area contributed by atoms with Gasteiger partial charge in [0.1, 0.15) is 6.10 Å². The summed E-state index contributed by atoms with van der Waals surface area (Å²) in [4.78, 5) is 18.4. The van der Waals surface area contributed by atoms with Crippen molar-refractivity contribution in [3.63, 3.8) is 0 Å². The molecular formula is C23H38O4Si. The van der Waals surface area contributed by atoms with Gasteiger partial charge in [0.05, 0.1) is 5.60 Å². The van der Waals surface area contributed by atoms with Crippen LogP contribution in [-0.2, 0) is 9.46 Å². The first-order valence-corrected chi connectivity index (χ1v) is 13.6. The van der Waals surface area contributed by atoms with Gasteiger partial charge in [-0.15, -0.1) is 0 Å². The van der Waals surface area contributed by atoms with Gasteiger partial charge >= 0.3 is 0 Å². The van der Waals surface area contributed by atoms with Crippen molar-refractivity contribution in [3.8, 4) is 0 Å². The molecule has 0 saturated heterocycles. The predicted molar refractivity (Wildman–Crippen MR) is 116 cm³/mol. The molecule has 0 aliphatic heterocycles. The fourth-order valence-electron chi connectivity index (χ4n) is 4.44. The maximum Gasteiger partial charge on any atom is 0.238 e. The molecule has 0 spiro atoms. The van der Waals surface area contributed by atoms with Gasteiger partial charge in [-0.2, -0.15) is 0 Å². The normalized spacial score (nSPS) is 24.1. The van der Waals surface area contributed by atoms with Gasteiger partial charge in [0.2, 0.25) is 8.32 Å². The number of Topliss-reactive ketones (excluding diaryl/α,β-unsaturated/α-hetero) is 1. The lowest BCUT2D eigenvalue weighted by Crippen LogP contribution is -2.52. The minimum atomic E-state index is -1.87. The first kappa shape index (κ1) is 23.3. The molecule has 1 unspecified atom stereocenters. The fourth-order valence-corrected chi connectivity index (χ4v) is 6.64. The fraction of sp³-hybridized carbons (Fsp3) is 0.696. The zero-order valence-corrected chi connectivity index (χ0v) is 19.1. The van der Waals surface area contributed by atoms with Crippen LogP contribution in [0.5, 0.6) is 0 Å². The Bertz CT molecular complexity index is 594. The molecule has 158 valence electrons. The minimum Gasteiger partial charge on any atom is -0.387 e. The molecule has 0 aromatic heterocycles. The SMILES string of the molecule is CC[Si](CC)(CC)OOC(C)[C@@]1(O)CCCC[C@@H]1CCC(=O)c1ccccc1. The molecule has 4 nitrogen and oxygen atoms in total. The van der Waals surface area contributed by atoms with Crippen molar-refractivity contribution in [2.24, 2.45) is 5.92 Å². The van der Waals surface area contributed by atoms with E-state index in [1.165, 1.54) is 0 Å². The van der Waals surface area contributed by atoms with E-state index in [0.29, 0.717) is 19.3 Å². The summed E-state index contributed by atoms with van der Waals surface area (Å²) < 4.78 is 6.01. The smallest absolute Gasteiger partial charge is 0.238 e. The lowest BCUT2D eigenvalue weighted by molar-refractivity contribution is -0.303. The highest BCUT2D eigenvalue weighted by Gasteiger charge is 2.45. The van der Waals surface area contributed by atoms with Crippen LogP contribution in [0.4, 0.5) is 0 Å². The van der Waals surface area contributed by atoms with Crippen LogP contribution in [0.25, 0.3) is 0 Å². The van der Waals surface area contributed by atoms with E-state index in [0.717, 1.165) is 43.0 Å². The standard InChI is InChI=1S/C23H38O4Si/c1-5-28(6-2,7-3)27-26-19(4)23(25)18-12-11-15-21(23)16-17-22(24)20-13-9-8-10-14-20/h8-10,13-14,19,21,25H,5-7,11-12,15-18H2,1-4H3/t19?,21-,23+/m1/s1. The Hall–Kier alpha value is -1.01. The number of carbonyl (C=O) groups is 1. The van der Waals surface area contributed by atoms with E-state index < -0.39 is 13.9 Å². The molecule has 0 amide bonds. The van der Waals surface area contributed by atoms with Gasteiger partial charge in [0, 0.05) is 12.0 Å². The van der Waals surface area contributed by atoms with Crippen LogP contribution < -0.4 is 0 Å². The average molecular weight is 407 g/mol. The van der Waals surface area contributed by atoms with Crippen LogP contribution in [0, 0.1) is 5.92 Å². The Morgan fingerprint density at radius 2 is 1.82 bits per heavy atom. The lowest BCUT2D eigenvalue weighted by atomic mass is 9.70. The van der Waals surface area contributed by atoms with Crippen LogP contribution in [0.2, 0.25) is 18.1 Å². The maximum absolute atomic E-state index is 12.5. The summed E-state index contributed by atoms with van der Waals surface area (Å²) in [5.74, 6) is 0.209. The summed E-state index contributed by atoms with van der Waals surface area (Å²) in [6, 6.07) is 12.5. The van der Waals surface area contributed by atoms with E-state index in [1.807, 2.05) is 37.3 Å². The molecule has 5 heteroatoms. The van der Waals surface area contributed by atoms with Crippen LogP contribution in [-0.4, -0.2) is 30.9 Å². The van der Waals surface area contributed by atoms with E-state index in [1.54, 1.807) is 0 Å². The van der Waals surface area contributed by atoms with Gasteiger partial charge in [0.25, 0.3) is 0 Å². The van der Waals surface area contributed by atoms with Crippen molar-refractivity contribution < 1.29 is 19.4 Å². The van der Waals surface area contributed by atoms with Crippen LogP contribution in [0.3, 0.4) is 0 Å². The summed E-state index contributed by atoms with van der Waals surface area (Å²) in [5, 5.41) is 11.5. The van der Waals surface area contributed by atoms with E-state index in [-0.39, 0.29) is 17.8 Å². The number of carbonyl (C=O) groups excluding carboxylic acids is 1. The Balaban J connectivity index is 2.00. The summed E-state index contributed by atoms with van der Waals surface area (Å²) in [6.07, 6.45) is 4.49. The van der Waals surface area contributed by atoms with E-state index in [4.69, 9.17) is 9.46 Å². The van der Waals surface area contributed by atoms with Gasteiger partial charge in [-0.1, -0.05) is 63.9 Å². The number of aliphatic hydroxyl groups is 1. The summed E-state index contributed by atoms with van der Waals surface area (Å²) >= 11 is 0. The number of ketones is 1. The molecule has 1 saturated carbocycles. The molecule has 0 bridgehead atoms. The Kier molecular flexibility index (Phi) is 8.87. The lowest BCUT2D eigenvalue weighted by Gasteiger charge is -2.44. The number of rotatable bonds is 11. The molecule has 0 radical (unpaired) electrons. The van der Waals surface area contributed by atoms with Gasteiger partial charge < -0.3 is 5.11 Å². The number of hydrogen-bond donors (Lipinski definition) is 1. The highest BCUT2D eigenvalue weighted by atomic mass is 28.4. The maximum atomic E-state index is 12.5. The summed E-state index contributed by atoms with van der Waals surface area (Å²) in [5.41, 5.74) is -0.177. The van der Waals surface area contributed by atoms with Crippen molar-refractivity contribution in [2.45, 2.75) is 96.1 Å². The van der Waals surface area contributed by atoms with Crippen molar-refractivity contribution in [1.29, 1.82) is 0 Å². The molecule has 1 aromatic rings. The molecule has 3 atom stereocenters. The molecule has 1 aromatic carbocycles. The average Bonchev–Trinajstić information content (AvgIpc) is 2.74. The van der Waals surface area contributed by atoms with Crippen LogP contribution in [0.1, 0.15) is 76.6 Å². The number of hydrogen-bond acceptors (Lipinski definition) is 4. The summed E-state index contributed by atoms with van der Waals surface area (Å²) in [6.45, 7) is 8.43. The third-order valence-corrected chi connectivity index (χ3v) is 11.2. The Morgan fingerprint density at radius 3 is 2.43 bits per heavy atom. The van der Waals surface area contributed by atoms with Crippen molar-refractivity contribution in [2.75, 3.05) is 0 Å². The molecule has 2 rings (SSSR count). The third-order valence-electron chi connectivity index (χ3n) is 6.91. The molecule has 0 heterocycles. The molecule has 1 fully saturated rings. The summed E-state index contributed by atoms with van der Waals surface area (Å²) in [7, 11) is -1.87. The van der Waals surface area contributed by atoms with Crippen LogP contribution in [0.15, 0.2) is 30.3 Å². The topological polar surface area (TPSA) is 55.8 Å². The van der Waals surface area contributed by atoms with Crippen molar-refractivity contribution in [3.05, 3.63) is 35.9 Å². The van der Waals surface area contributed by atoms with Gasteiger partial charge in [-0.05, 0) is 50.2 Å². The predicted octanol–water partition coefficient (Wildman–Crippen LogP) is 5.91. The molecule has 1 N–H and O–H groups in total. The molecule has 1 aliphatic carbocycles. The molecule has 1 aliphatic rings. The quantitative estimate of drug-likeness (QED) is 0.215. The second-order valence-electron chi connectivity index (χ2n) is 8.33. The van der Waals surface area contributed by atoms with E-state index in [9.17, 15) is 9.90 Å². The highest BCUT2D eigenvalue weighted by Crippen LogP contribution is 2.41. The third kappa shape index (κ3) is 5.53. The zero-order chi connectivity index (χ0) is 20.6. The minimum absolute atomic E-state index is 0.0634. The van der Waals surface area contributed by atoms with E-state index >= 15 is 0 Å². The monoisotopic (exact) mass is 406 g/mol. The molecule has 28 heavy (non-hydrogen) atoms. The Labute approximate surface area is 171 Å². The second-order valence-corrected chi connectivity index (χ2v) is 13.0. The zero-order valence-electron chi connectivity index (χ0n) is 18.1. The molecular weight excluding hydrogens is 368 g/mol. The van der Waals surface area contributed by atoms with Gasteiger partial charge in [0.15, 0.2) is 5.78 Å². The Morgan fingerprint density at radius 1 is 1.18 bits per heavy atom. The van der Waals surface area contributed by atoms with Gasteiger partial charge in [-0.3, -0.25) is 9.37 Å². The first-order valence-electron chi connectivity index (χ1n) is 11.1. The number of benzene rings is 1. The second kappa shape index (κ2) is 10.7. The van der Waals surface area contributed by atoms with E-state index in [2.05, 4.69) is 20.8 Å². The van der Waals surface area contributed by atoms with Crippen LogP contribution >= 0.6 is 0 Å². The van der Waals surface area contributed by atoms with Gasteiger partial charge in [-0.25, -0.2) is 4.89 Å². The first-order chi connectivity index (χ1) is 13.4. The largest absolute Gasteiger partial charge is 0.387 e. The van der Waals surface area contributed by atoms with Crippen molar-refractivity contribution >= 4 is 14.1 Å². The highest BCUT2D eigenvalue weighted by molar-refractivity contribution is 6.73. The van der Waals surface area contributed by atoms with Crippen molar-refractivity contribution in [1.82, 2.24) is 0 Å².